The van der Waals surface area contributed by atoms with Crippen molar-refractivity contribution in [2.24, 2.45) is 10.9 Å². The molecule has 1 aromatic carbocycles. The Labute approximate surface area is 176 Å². The molecule has 2 aromatic heterocycles. The zero-order valence-corrected chi connectivity index (χ0v) is 17.8. The minimum Gasteiger partial charge on any atom is -0.356 e. The fourth-order valence-electron chi connectivity index (χ4n) is 3.86. The normalized spacial score (nSPS) is 20.1. The Balaban J connectivity index is 1.32. The van der Waals surface area contributed by atoms with Gasteiger partial charge in [-0.25, -0.2) is 9.97 Å². The van der Waals surface area contributed by atoms with Crippen LogP contribution in [0.25, 0.3) is 10.6 Å². The Kier molecular flexibility index (Phi) is 6.24. The van der Waals surface area contributed by atoms with Crippen molar-refractivity contribution in [1.29, 1.82) is 0 Å². The zero-order valence-electron chi connectivity index (χ0n) is 17.0. The second-order valence-corrected chi connectivity index (χ2v) is 8.38. The number of hydrogen-bond acceptors (Lipinski definition) is 4. The fourth-order valence-corrected chi connectivity index (χ4v) is 4.73. The van der Waals surface area contributed by atoms with E-state index < -0.39 is 0 Å². The molecule has 1 N–H and O–H groups in total. The van der Waals surface area contributed by atoms with Crippen molar-refractivity contribution < 1.29 is 0 Å². The number of aromatic nitrogens is 3. The van der Waals surface area contributed by atoms with Crippen LogP contribution in [-0.2, 0) is 6.42 Å². The Morgan fingerprint density at radius 2 is 2.17 bits per heavy atom. The highest BCUT2D eigenvalue weighted by Crippen LogP contribution is 2.27. The van der Waals surface area contributed by atoms with Crippen molar-refractivity contribution in [1.82, 2.24) is 24.8 Å². The van der Waals surface area contributed by atoms with Gasteiger partial charge in [0.2, 0.25) is 0 Å². The Hall–Kier alpha value is -2.67. The van der Waals surface area contributed by atoms with Crippen LogP contribution < -0.4 is 5.32 Å². The second-order valence-electron chi connectivity index (χ2n) is 7.52. The Bertz CT molecular complexity index is 918. The van der Waals surface area contributed by atoms with Gasteiger partial charge in [0.05, 0.1) is 18.1 Å². The van der Waals surface area contributed by atoms with E-state index in [4.69, 9.17) is 4.98 Å². The summed E-state index contributed by atoms with van der Waals surface area (Å²) in [6, 6.07) is 10.8. The summed E-state index contributed by atoms with van der Waals surface area (Å²) in [6.45, 7) is 5.13. The lowest BCUT2D eigenvalue weighted by molar-refractivity contribution is 0.189. The molecule has 152 valence electrons. The van der Waals surface area contributed by atoms with E-state index >= 15 is 0 Å². The highest BCUT2D eigenvalue weighted by molar-refractivity contribution is 7.13. The molecule has 0 amide bonds. The average Bonchev–Trinajstić information content (AvgIpc) is 3.45. The summed E-state index contributed by atoms with van der Waals surface area (Å²) in [7, 11) is 1.86. The lowest BCUT2D eigenvalue weighted by Crippen LogP contribution is -2.49. The van der Waals surface area contributed by atoms with E-state index in [0.29, 0.717) is 12.0 Å². The number of nitrogens with zero attached hydrogens (tertiary/aromatic N) is 5. The Morgan fingerprint density at radius 1 is 1.31 bits per heavy atom. The number of rotatable bonds is 5. The number of thiazole rings is 1. The maximum atomic E-state index is 4.79. The molecule has 7 heteroatoms. The molecule has 0 aliphatic carbocycles. The van der Waals surface area contributed by atoms with Crippen LogP contribution in [0.3, 0.4) is 0 Å². The predicted octanol–water partition coefficient (Wildman–Crippen LogP) is 3.71. The summed E-state index contributed by atoms with van der Waals surface area (Å²) in [5.74, 6) is 1.60. The molecule has 1 saturated heterocycles. The molecule has 0 saturated carbocycles. The molecule has 0 radical (unpaired) electrons. The van der Waals surface area contributed by atoms with Crippen LogP contribution in [0, 0.1) is 5.92 Å². The van der Waals surface area contributed by atoms with Crippen LogP contribution in [0.4, 0.5) is 0 Å². The van der Waals surface area contributed by atoms with E-state index in [1.54, 1.807) is 11.3 Å². The molecule has 29 heavy (non-hydrogen) atoms. The third-order valence-corrected chi connectivity index (χ3v) is 6.51. The highest BCUT2D eigenvalue weighted by Gasteiger charge is 2.28. The van der Waals surface area contributed by atoms with Crippen LogP contribution in [0.15, 0.2) is 59.4 Å². The molecule has 3 aromatic rings. The van der Waals surface area contributed by atoms with Gasteiger partial charge in [-0.1, -0.05) is 37.3 Å². The molecule has 1 fully saturated rings. The lowest BCUT2D eigenvalue weighted by atomic mass is 9.93. The maximum Gasteiger partial charge on any atom is 0.193 e. The molecule has 1 aliphatic heterocycles. The summed E-state index contributed by atoms with van der Waals surface area (Å²) in [5.41, 5.74) is 2.31. The van der Waals surface area contributed by atoms with Crippen LogP contribution in [0.5, 0.6) is 0 Å². The van der Waals surface area contributed by atoms with E-state index in [1.165, 1.54) is 5.56 Å². The molecule has 0 bridgehead atoms. The van der Waals surface area contributed by atoms with Gasteiger partial charge in [0.15, 0.2) is 5.96 Å². The SMILES string of the molecule is CN=C(NCCc1csc(-c2ccccc2)n1)N1CCC(C)C(n2ccnc2)C1. The largest absolute Gasteiger partial charge is 0.356 e. The quantitative estimate of drug-likeness (QED) is 0.516. The summed E-state index contributed by atoms with van der Waals surface area (Å²) in [4.78, 5) is 15.9. The molecule has 3 heterocycles. The van der Waals surface area contributed by atoms with Crippen molar-refractivity contribution in [2.75, 3.05) is 26.7 Å². The van der Waals surface area contributed by atoms with Gasteiger partial charge in [0, 0.05) is 56.4 Å². The average molecular weight is 409 g/mol. The molecule has 6 nitrogen and oxygen atoms in total. The summed E-state index contributed by atoms with van der Waals surface area (Å²) < 4.78 is 2.23. The molecular formula is C22H28N6S. The van der Waals surface area contributed by atoms with E-state index in [9.17, 15) is 0 Å². The topological polar surface area (TPSA) is 58.3 Å². The minimum absolute atomic E-state index is 0.428. The first-order valence-corrected chi connectivity index (χ1v) is 11.1. The van der Waals surface area contributed by atoms with Crippen molar-refractivity contribution in [3.05, 3.63) is 60.1 Å². The summed E-state index contributed by atoms with van der Waals surface area (Å²) in [5, 5.41) is 6.77. The van der Waals surface area contributed by atoms with Crippen LogP contribution in [0.2, 0.25) is 0 Å². The van der Waals surface area contributed by atoms with Crippen LogP contribution >= 0.6 is 11.3 Å². The smallest absolute Gasteiger partial charge is 0.193 e. The van der Waals surface area contributed by atoms with Gasteiger partial charge in [-0.05, 0) is 12.3 Å². The number of aliphatic imine (C=N–C) groups is 1. The number of likely N-dealkylation sites (tertiary alicyclic amines) is 1. The lowest BCUT2D eigenvalue weighted by Gasteiger charge is -2.39. The number of imidazole rings is 1. The van der Waals surface area contributed by atoms with Crippen molar-refractivity contribution in [3.63, 3.8) is 0 Å². The van der Waals surface area contributed by atoms with E-state index in [0.717, 1.165) is 49.1 Å². The van der Waals surface area contributed by atoms with Crippen LogP contribution in [-0.4, -0.2) is 52.1 Å². The van der Waals surface area contributed by atoms with Crippen molar-refractivity contribution in [2.45, 2.75) is 25.8 Å². The van der Waals surface area contributed by atoms with Crippen molar-refractivity contribution >= 4 is 17.3 Å². The predicted molar refractivity (Wildman–Crippen MR) is 119 cm³/mol. The first-order chi connectivity index (χ1) is 14.2. The number of nitrogens with one attached hydrogen (secondary N) is 1. The highest BCUT2D eigenvalue weighted by atomic mass is 32.1. The molecule has 4 rings (SSSR count). The number of benzene rings is 1. The first kappa shape index (κ1) is 19.6. The minimum atomic E-state index is 0.428. The molecule has 2 unspecified atom stereocenters. The van der Waals surface area contributed by atoms with E-state index in [2.05, 4.69) is 67.5 Å². The molecule has 2 atom stereocenters. The number of guanidine groups is 1. The monoisotopic (exact) mass is 408 g/mol. The van der Waals surface area contributed by atoms with Gasteiger partial charge in [-0.2, -0.15) is 0 Å². The molecular weight excluding hydrogens is 380 g/mol. The van der Waals surface area contributed by atoms with E-state index in [1.807, 2.05) is 25.6 Å². The second kappa shape index (κ2) is 9.22. The molecule has 0 spiro atoms. The Morgan fingerprint density at radius 3 is 2.93 bits per heavy atom. The van der Waals surface area contributed by atoms with Gasteiger partial charge in [-0.15, -0.1) is 11.3 Å². The summed E-state index contributed by atoms with van der Waals surface area (Å²) in [6.07, 6.45) is 7.88. The number of hydrogen-bond donors (Lipinski definition) is 1. The standard InChI is InChI=1S/C22H28N6S/c1-17-9-12-27(14-20(17)28-13-11-24-16-28)22(23-2)25-10-8-19-15-29-21(26-19)18-6-4-3-5-7-18/h3-7,11,13,15-17,20H,8-10,12,14H2,1-2H3,(H,23,25). The van der Waals surface area contributed by atoms with Crippen LogP contribution in [0.1, 0.15) is 25.1 Å². The third-order valence-electron chi connectivity index (χ3n) is 5.57. The van der Waals surface area contributed by atoms with Gasteiger partial charge in [0.25, 0.3) is 0 Å². The summed E-state index contributed by atoms with van der Waals surface area (Å²) >= 11 is 1.71. The van der Waals surface area contributed by atoms with Gasteiger partial charge in [0.1, 0.15) is 5.01 Å². The van der Waals surface area contributed by atoms with Crippen molar-refractivity contribution in [3.8, 4) is 10.6 Å². The van der Waals surface area contributed by atoms with E-state index in [-0.39, 0.29) is 0 Å². The zero-order chi connectivity index (χ0) is 20.1. The third kappa shape index (κ3) is 4.67. The first-order valence-electron chi connectivity index (χ1n) is 10.2. The molecule has 1 aliphatic rings. The maximum absolute atomic E-state index is 4.79. The van der Waals surface area contributed by atoms with Gasteiger partial charge >= 0.3 is 0 Å². The fraction of sp³-hybridized carbons (Fsp3) is 0.409. The number of piperidine rings is 1. The van der Waals surface area contributed by atoms with Gasteiger partial charge in [-0.3, -0.25) is 4.99 Å². The van der Waals surface area contributed by atoms with Gasteiger partial charge < -0.3 is 14.8 Å².